The Morgan fingerprint density at radius 2 is 1.83 bits per heavy atom. The van der Waals surface area contributed by atoms with Gasteiger partial charge in [-0.15, -0.1) is 0 Å². The van der Waals surface area contributed by atoms with E-state index in [4.69, 9.17) is 10.5 Å². The average molecular weight is 268 g/mol. The fourth-order valence-electron chi connectivity index (χ4n) is 1.85. The van der Waals surface area contributed by atoms with Crippen molar-refractivity contribution in [2.24, 2.45) is 11.7 Å². The van der Waals surface area contributed by atoms with Crippen molar-refractivity contribution in [2.45, 2.75) is 45.0 Å². The maximum Gasteiger partial charge on any atom is 0.410 e. The van der Waals surface area contributed by atoms with Crippen LogP contribution in [0.3, 0.4) is 0 Å². The Kier molecular flexibility index (Phi) is 4.15. The maximum atomic E-state index is 12.7. The molecule has 1 aliphatic heterocycles. The molecule has 18 heavy (non-hydrogen) atoms. The number of piperidine rings is 1. The summed E-state index contributed by atoms with van der Waals surface area (Å²) in [7, 11) is 0. The van der Waals surface area contributed by atoms with E-state index in [1.807, 2.05) is 0 Å². The summed E-state index contributed by atoms with van der Waals surface area (Å²) in [5.41, 5.74) is 4.83. The van der Waals surface area contributed by atoms with Crippen LogP contribution in [0.2, 0.25) is 0 Å². The molecule has 4 nitrogen and oxygen atoms in total. The minimum atomic E-state index is -4.34. The van der Waals surface area contributed by atoms with Gasteiger partial charge in [-0.05, 0) is 27.2 Å². The molecule has 0 radical (unpaired) electrons. The molecule has 0 unspecified atom stereocenters. The predicted molar refractivity (Wildman–Crippen MR) is 59.9 cm³/mol. The fraction of sp³-hybridized carbons (Fsp3) is 0.909. The van der Waals surface area contributed by atoms with Gasteiger partial charge in [0.25, 0.3) is 0 Å². The maximum absolute atomic E-state index is 12.7. The molecule has 1 amide bonds. The molecule has 0 saturated carbocycles. The summed E-state index contributed by atoms with van der Waals surface area (Å²) in [4.78, 5) is 12.8. The van der Waals surface area contributed by atoms with Gasteiger partial charge in [0.05, 0.1) is 5.92 Å². The number of ether oxygens (including phenoxy) is 1. The summed E-state index contributed by atoms with van der Waals surface area (Å²) >= 11 is 0. The van der Waals surface area contributed by atoms with Crippen molar-refractivity contribution in [3.05, 3.63) is 0 Å². The van der Waals surface area contributed by atoms with Gasteiger partial charge >= 0.3 is 12.3 Å². The molecule has 106 valence electrons. The Bertz CT molecular complexity index is 312. The highest BCUT2D eigenvalue weighted by atomic mass is 19.4. The first-order chi connectivity index (χ1) is 7.99. The Morgan fingerprint density at radius 3 is 2.28 bits per heavy atom. The normalized spacial score (nSPS) is 26.1. The lowest BCUT2D eigenvalue weighted by Gasteiger charge is -2.37. The van der Waals surface area contributed by atoms with Crippen LogP contribution in [0.15, 0.2) is 0 Å². The molecule has 1 rings (SSSR count). The van der Waals surface area contributed by atoms with Crippen LogP contribution >= 0.6 is 0 Å². The van der Waals surface area contributed by atoms with Gasteiger partial charge in [0, 0.05) is 19.1 Å². The van der Waals surface area contributed by atoms with E-state index in [9.17, 15) is 18.0 Å². The summed E-state index contributed by atoms with van der Waals surface area (Å²) in [6.07, 6.45) is -5.23. The summed E-state index contributed by atoms with van der Waals surface area (Å²) in [6, 6.07) is -0.669. The minimum Gasteiger partial charge on any atom is -0.444 e. The topological polar surface area (TPSA) is 55.6 Å². The number of likely N-dealkylation sites (tertiary alicyclic amines) is 1. The van der Waals surface area contributed by atoms with Crippen molar-refractivity contribution in [3.63, 3.8) is 0 Å². The number of hydrogen-bond acceptors (Lipinski definition) is 3. The van der Waals surface area contributed by atoms with Gasteiger partial charge in [0.2, 0.25) is 0 Å². The third-order valence-electron chi connectivity index (χ3n) is 2.60. The molecule has 0 aromatic rings. The number of rotatable bonds is 0. The lowest BCUT2D eigenvalue weighted by molar-refractivity contribution is -0.186. The first-order valence-electron chi connectivity index (χ1n) is 5.79. The molecule has 1 saturated heterocycles. The average Bonchev–Trinajstić information content (AvgIpc) is 2.12. The standard InChI is InChI=1S/C11H19F3N2O2/c1-10(2,3)18-9(17)16-5-7(11(12,13)14)4-8(15)6-16/h7-8H,4-6,15H2,1-3H3/t7-,8-/m0/s1. The molecule has 7 heteroatoms. The highest BCUT2D eigenvalue weighted by molar-refractivity contribution is 5.68. The highest BCUT2D eigenvalue weighted by Crippen LogP contribution is 2.33. The van der Waals surface area contributed by atoms with Gasteiger partial charge in [-0.25, -0.2) is 4.79 Å². The second-order valence-corrected chi connectivity index (χ2v) is 5.62. The molecule has 0 aliphatic carbocycles. The zero-order chi connectivity index (χ0) is 14.1. The number of nitrogens with two attached hydrogens (primary N) is 1. The lowest BCUT2D eigenvalue weighted by atomic mass is 9.94. The van der Waals surface area contributed by atoms with Crippen LogP contribution in [0.1, 0.15) is 27.2 Å². The zero-order valence-corrected chi connectivity index (χ0v) is 10.8. The van der Waals surface area contributed by atoms with Crippen LogP contribution in [0.4, 0.5) is 18.0 Å². The van der Waals surface area contributed by atoms with E-state index in [1.54, 1.807) is 20.8 Å². The quantitative estimate of drug-likeness (QED) is 0.732. The van der Waals surface area contributed by atoms with Crippen LogP contribution in [0.5, 0.6) is 0 Å². The Balaban J connectivity index is 2.69. The van der Waals surface area contributed by atoms with Crippen LogP contribution in [0, 0.1) is 5.92 Å². The van der Waals surface area contributed by atoms with Crippen molar-refractivity contribution in [1.82, 2.24) is 4.90 Å². The third kappa shape index (κ3) is 4.36. The number of carbonyl (C=O) groups is 1. The molecular formula is C11H19F3N2O2. The fourth-order valence-corrected chi connectivity index (χ4v) is 1.85. The van der Waals surface area contributed by atoms with E-state index in [2.05, 4.69) is 0 Å². The number of hydrogen-bond donors (Lipinski definition) is 1. The second kappa shape index (κ2) is 4.95. The first kappa shape index (κ1) is 15.1. The van der Waals surface area contributed by atoms with E-state index >= 15 is 0 Å². The highest BCUT2D eigenvalue weighted by Gasteiger charge is 2.45. The molecule has 0 bridgehead atoms. The number of nitrogens with zero attached hydrogens (tertiary/aromatic N) is 1. The molecular weight excluding hydrogens is 249 g/mol. The number of amides is 1. The van der Waals surface area contributed by atoms with Crippen molar-refractivity contribution in [1.29, 1.82) is 0 Å². The van der Waals surface area contributed by atoms with Gasteiger partial charge < -0.3 is 15.4 Å². The summed E-state index contributed by atoms with van der Waals surface area (Å²) in [5, 5.41) is 0. The minimum absolute atomic E-state index is 0.0987. The van der Waals surface area contributed by atoms with Gasteiger partial charge in [-0.2, -0.15) is 13.2 Å². The summed E-state index contributed by atoms with van der Waals surface area (Å²) in [6.45, 7) is 4.70. The zero-order valence-electron chi connectivity index (χ0n) is 10.8. The molecule has 0 aromatic carbocycles. The van der Waals surface area contributed by atoms with E-state index < -0.39 is 29.8 Å². The molecule has 0 aromatic heterocycles. The largest absolute Gasteiger partial charge is 0.444 e. The molecule has 0 spiro atoms. The van der Waals surface area contributed by atoms with Crippen LogP contribution in [-0.2, 0) is 4.74 Å². The second-order valence-electron chi connectivity index (χ2n) is 5.62. The SMILES string of the molecule is CC(C)(C)OC(=O)N1C[C@@H](N)C[C@H](C(F)(F)F)C1. The Labute approximate surface area is 104 Å². The van der Waals surface area contributed by atoms with E-state index in [1.165, 1.54) is 0 Å². The summed E-state index contributed by atoms with van der Waals surface area (Å²) in [5.74, 6) is -1.58. The molecule has 1 fully saturated rings. The summed E-state index contributed by atoms with van der Waals surface area (Å²) < 4.78 is 43.0. The van der Waals surface area contributed by atoms with Crippen LogP contribution in [-0.4, -0.2) is 41.9 Å². The van der Waals surface area contributed by atoms with E-state index in [0.29, 0.717) is 0 Å². The number of alkyl halides is 3. The lowest BCUT2D eigenvalue weighted by Crippen LogP contribution is -2.53. The van der Waals surface area contributed by atoms with Crippen LogP contribution in [0.25, 0.3) is 0 Å². The van der Waals surface area contributed by atoms with Crippen molar-refractivity contribution in [3.8, 4) is 0 Å². The third-order valence-corrected chi connectivity index (χ3v) is 2.60. The van der Waals surface area contributed by atoms with Gasteiger partial charge in [0.15, 0.2) is 0 Å². The van der Waals surface area contributed by atoms with Gasteiger partial charge in [-0.1, -0.05) is 0 Å². The van der Waals surface area contributed by atoms with Crippen molar-refractivity contribution in [2.75, 3.05) is 13.1 Å². The smallest absolute Gasteiger partial charge is 0.410 e. The van der Waals surface area contributed by atoms with E-state index in [0.717, 1.165) is 4.90 Å². The monoisotopic (exact) mass is 268 g/mol. The van der Waals surface area contributed by atoms with Gasteiger partial charge in [-0.3, -0.25) is 0 Å². The first-order valence-corrected chi connectivity index (χ1v) is 5.79. The molecule has 2 N–H and O–H groups in total. The molecule has 2 atom stereocenters. The number of halogens is 3. The molecule has 1 heterocycles. The van der Waals surface area contributed by atoms with E-state index in [-0.39, 0.29) is 19.5 Å². The number of carbonyl (C=O) groups excluding carboxylic acids is 1. The van der Waals surface area contributed by atoms with Crippen LogP contribution < -0.4 is 5.73 Å². The van der Waals surface area contributed by atoms with Crippen molar-refractivity contribution >= 4 is 6.09 Å². The predicted octanol–water partition coefficient (Wildman–Crippen LogP) is 2.13. The van der Waals surface area contributed by atoms with Crippen molar-refractivity contribution < 1.29 is 22.7 Å². The Morgan fingerprint density at radius 1 is 1.28 bits per heavy atom. The molecule has 1 aliphatic rings. The van der Waals surface area contributed by atoms with Gasteiger partial charge in [0.1, 0.15) is 5.60 Å². The Hall–Kier alpha value is -0.980.